The minimum Gasteiger partial charge on any atom is -0.390 e. The number of hydrogen-bond donors (Lipinski definition) is 1. The van der Waals surface area contributed by atoms with Crippen LogP contribution in [0.25, 0.3) is 0 Å². The van der Waals surface area contributed by atoms with Crippen molar-refractivity contribution in [2.45, 2.75) is 129 Å². The van der Waals surface area contributed by atoms with E-state index in [1.165, 1.54) is 96.3 Å². The van der Waals surface area contributed by atoms with Gasteiger partial charge in [-0.2, -0.15) is 0 Å². The molecule has 1 nitrogen and oxygen atoms in total. The molecule has 22 heavy (non-hydrogen) atoms. The number of unbranched alkanes of at least 4 members (excludes halogenated alkanes) is 12. The van der Waals surface area contributed by atoms with Crippen molar-refractivity contribution in [1.82, 2.24) is 0 Å². The standard InChI is InChI=1S/C21H42O/c1-3-5-6-7-8-9-10-11-12-13-14-15-16-19-21(22,4-2)20-17-18-20/h20,22H,3-19H2,1-2H3. The maximum Gasteiger partial charge on any atom is 0.0673 e. The van der Waals surface area contributed by atoms with Gasteiger partial charge in [-0.05, 0) is 31.6 Å². The molecule has 0 spiro atoms. The summed E-state index contributed by atoms with van der Waals surface area (Å²) in [5, 5.41) is 10.5. The largest absolute Gasteiger partial charge is 0.390 e. The van der Waals surface area contributed by atoms with E-state index in [0.717, 1.165) is 12.8 Å². The number of rotatable bonds is 16. The summed E-state index contributed by atoms with van der Waals surface area (Å²) in [5.74, 6) is 0.634. The molecule has 1 aliphatic rings. The molecule has 0 aliphatic heterocycles. The van der Waals surface area contributed by atoms with Gasteiger partial charge in [-0.1, -0.05) is 97.3 Å². The fourth-order valence-electron chi connectivity index (χ4n) is 3.74. The lowest BCUT2D eigenvalue weighted by Gasteiger charge is -2.26. The molecule has 1 N–H and O–H groups in total. The molecule has 1 heteroatoms. The zero-order valence-corrected chi connectivity index (χ0v) is 15.5. The molecule has 0 bridgehead atoms. The molecule has 0 radical (unpaired) electrons. The molecule has 1 saturated carbocycles. The van der Waals surface area contributed by atoms with E-state index >= 15 is 0 Å². The summed E-state index contributed by atoms with van der Waals surface area (Å²) in [6.45, 7) is 4.44. The van der Waals surface area contributed by atoms with Crippen LogP contribution < -0.4 is 0 Å². The van der Waals surface area contributed by atoms with Crippen molar-refractivity contribution in [2.24, 2.45) is 5.92 Å². The second-order valence-electron chi connectivity index (χ2n) is 7.72. The van der Waals surface area contributed by atoms with Crippen LogP contribution in [0.5, 0.6) is 0 Å². The third-order valence-corrected chi connectivity index (χ3v) is 5.66. The minimum absolute atomic E-state index is 0.308. The van der Waals surface area contributed by atoms with Crippen LogP contribution in [-0.2, 0) is 0 Å². The monoisotopic (exact) mass is 310 g/mol. The van der Waals surface area contributed by atoms with Gasteiger partial charge in [0.05, 0.1) is 5.60 Å². The van der Waals surface area contributed by atoms with Gasteiger partial charge in [0, 0.05) is 0 Å². The Bertz CT molecular complexity index is 246. The van der Waals surface area contributed by atoms with Crippen LogP contribution in [0.15, 0.2) is 0 Å². The van der Waals surface area contributed by atoms with E-state index < -0.39 is 0 Å². The highest BCUT2D eigenvalue weighted by Crippen LogP contribution is 2.44. The highest BCUT2D eigenvalue weighted by atomic mass is 16.3. The Kier molecular flexibility index (Phi) is 11.3. The fourth-order valence-corrected chi connectivity index (χ4v) is 3.74. The van der Waals surface area contributed by atoms with Gasteiger partial charge in [-0.25, -0.2) is 0 Å². The van der Waals surface area contributed by atoms with E-state index in [9.17, 15) is 5.11 Å². The molecule has 0 saturated heterocycles. The van der Waals surface area contributed by atoms with Crippen molar-refractivity contribution < 1.29 is 5.11 Å². The Labute approximate surface area is 140 Å². The van der Waals surface area contributed by atoms with Crippen molar-refractivity contribution in [3.8, 4) is 0 Å². The molecule has 0 aromatic heterocycles. The summed E-state index contributed by atoms with van der Waals surface area (Å²) in [5.41, 5.74) is -0.308. The zero-order valence-electron chi connectivity index (χ0n) is 15.5. The molecule has 0 aromatic carbocycles. The molecule has 0 heterocycles. The lowest BCUT2D eigenvalue weighted by molar-refractivity contribution is 0.00283. The Morgan fingerprint density at radius 1 is 0.682 bits per heavy atom. The van der Waals surface area contributed by atoms with Crippen LogP contribution in [0.4, 0.5) is 0 Å². The van der Waals surface area contributed by atoms with Gasteiger partial charge < -0.3 is 5.11 Å². The quantitative estimate of drug-likeness (QED) is 0.304. The first-order chi connectivity index (χ1) is 10.7. The van der Waals surface area contributed by atoms with Gasteiger partial charge >= 0.3 is 0 Å². The van der Waals surface area contributed by atoms with Crippen LogP contribution in [0.2, 0.25) is 0 Å². The topological polar surface area (TPSA) is 20.2 Å². The molecule has 1 atom stereocenters. The molecule has 132 valence electrons. The third kappa shape index (κ3) is 9.18. The van der Waals surface area contributed by atoms with E-state index in [1.807, 2.05) is 0 Å². The summed E-state index contributed by atoms with van der Waals surface area (Å²) in [6.07, 6.45) is 22.8. The van der Waals surface area contributed by atoms with Crippen LogP contribution >= 0.6 is 0 Å². The van der Waals surface area contributed by atoms with Crippen LogP contribution in [0.1, 0.15) is 123 Å². The lowest BCUT2D eigenvalue weighted by Crippen LogP contribution is -2.30. The maximum atomic E-state index is 10.5. The Morgan fingerprint density at radius 2 is 1.09 bits per heavy atom. The van der Waals surface area contributed by atoms with Crippen molar-refractivity contribution in [3.63, 3.8) is 0 Å². The first-order valence-electron chi connectivity index (χ1n) is 10.5. The van der Waals surface area contributed by atoms with Crippen molar-refractivity contribution in [1.29, 1.82) is 0 Å². The summed E-state index contributed by atoms with van der Waals surface area (Å²) in [7, 11) is 0. The molecule has 0 aromatic rings. The van der Waals surface area contributed by atoms with Crippen LogP contribution in [-0.4, -0.2) is 10.7 Å². The average Bonchev–Trinajstić information content (AvgIpc) is 3.37. The van der Waals surface area contributed by atoms with E-state index in [1.54, 1.807) is 0 Å². The van der Waals surface area contributed by atoms with Crippen LogP contribution in [0.3, 0.4) is 0 Å². The van der Waals surface area contributed by atoms with Gasteiger partial charge in [0.2, 0.25) is 0 Å². The second-order valence-corrected chi connectivity index (χ2v) is 7.72. The molecular weight excluding hydrogens is 268 g/mol. The smallest absolute Gasteiger partial charge is 0.0673 e. The van der Waals surface area contributed by atoms with Gasteiger partial charge in [0.1, 0.15) is 0 Å². The second kappa shape index (κ2) is 12.4. The maximum absolute atomic E-state index is 10.5. The van der Waals surface area contributed by atoms with Crippen molar-refractivity contribution in [3.05, 3.63) is 0 Å². The Hall–Kier alpha value is -0.0400. The SMILES string of the molecule is CCCCCCCCCCCCCCCC(O)(CC)C1CC1. The predicted molar refractivity (Wildman–Crippen MR) is 98.3 cm³/mol. The van der Waals surface area contributed by atoms with E-state index in [2.05, 4.69) is 13.8 Å². The van der Waals surface area contributed by atoms with Gasteiger partial charge in [0.25, 0.3) is 0 Å². The average molecular weight is 311 g/mol. The van der Waals surface area contributed by atoms with Crippen molar-refractivity contribution >= 4 is 0 Å². The summed E-state index contributed by atoms with van der Waals surface area (Å²) < 4.78 is 0. The first-order valence-corrected chi connectivity index (χ1v) is 10.5. The fraction of sp³-hybridized carbons (Fsp3) is 1.00. The Balaban J connectivity index is 1.78. The number of hydrogen-bond acceptors (Lipinski definition) is 1. The van der Waals surface area contributed by atoms with Gasteiger partial charge in [-0.15, -0.1) is 0 Å². The third-order valence-electron chi connectivity index (χ3n) is 5.66. The van der Waals surface area contributed by atoms with Gasteiger partial charge in [-0.3, -0.25) is 0 Å². The molecule has 1 fully saturated rings. The minimum atomic E-state index is -0.308. The van der Waals surface area contributed by atoms with E-state index in [4.69, 9.17) is 0 Å². The molecule has 1 rings (SSSR count). The highest BCUT2D eigenvalue weighted by molar-refractivity contribution is 4.93. The highest BCUT2D eigenvalue weighted by Gasteiger charge is 2.41. The normalized spacial score (nSPS) is 17.6. The van der Waals surface area contributed by atoms with Crippen molar-refractivity contribution in [2.75, 3.05) is 0 Å². The molecule has 1 unspecified atom stereocenters. The van der Waals surface area contributed by atoms with E-state index in [-0.39, 0.29) is 5.60 Å². The van der Waals surface area contributed by atoms with Crippen LogP contribution in [0, 0.1) is 5.92 Å². The molecule has 1 aliphatic carbocycles. The zero-order chi connectivity index (χ0) is 16.1. The predicted octanol–water partition coefficient (Wildman–Crippen LogP) is 7.02. The summed E-state index contributed by atoms with van der Waals surface area (Å²) in [6, 6.07) is 0. The Morgan fingerprint density at radius 3 is 1.45 bits per heavy atom. The molecule has 0 amide bonds. The number of aliphatic hydroxyl groups is 1. The summed E-state index contributed by atoms with van der Waals surface area (Å²) >= 11 is 0. The van der Waals surface area contributed by atoms with Gasteiger partial charge in [0.15, 0.2) is 0 Å². The molecular formula is C21H42O. The van der Waals surface area contributed by atoms with E-state index in [0.29, 0.717) is 5.92 Å². The first kappa shape index (κ1) is 20.0. The lowest BCUT2D eigenvalue weighted by atomic mass is 9.88. The summed E-state index contributed by atoms with van der Waals surface area (Å²) in [4.78, 5) is 0.